The maximum Gasteiger partial charge on any atom is 0.309 e. The molecule has 0 saturated carbocycles. The third-order valence-corrected chi connectivity index (χ3v) is 7.20. The van der Waals surface area contributed by atoms with Crippen molar-refractivity contribution in [2.24, 2.45) is 10.9 Å². The first kappa shape index (κ1) is 24.0. The molecule has 0 bridgehead atoms. The summed E-state index contributed by atoms with van der Waals surface area (Å²) in [5, 5.41) is 3.65. The van der Waals surface area contributed by atoms with Gasteiger partial charge in [0.25, 0.3) is 0 Å². The smallest absolute Gasteiger partial charge is 0.309 e. The molecule has 1 atom stereocenters. The SMILES string of the molecule is CCOC(=O)C1CCN(C(=NC)NCC2(N3CCOCC3)CCSC2)CC1.I. The number of carbonyl (C=O) groups is 1. The zero-order valence-corrected chi connectivity index (χ0v) is 20.3. The minimum Gasteiger partial charge on any atom is -0.466 e. The monoisotopic (exact) mass is 526 g/mol. The van der Waals surface area contributed by atoms with E-state index in [0.717, 1.165) is 64.7 Å². The van der Waals surface area contributed by atoms with Gasteiger partial charge in [0.1, 0.15) is 0 Å². The molecule has 0 amide bonds. The van der Waals surface area contributed by atoms with Crippen LogP contribution in [0.5, 0.6) is 0 Å². The first-order valence-electron chi connectivity index (χ1n) is 10.2. The predicted octanol–water partition coefficient (Wildman–Crippen LogP) is 1.66. The molecule has 0 aromatic carbocycles. The molecule has 162 valence electrons. The Morgan fingerprint density at radius 3 is 2.57 bits per heavy atom. The Balaban J connectivity index is 0.00000280. The molecule has 0 aromatic rings. The maximum atomic E-state index is 12.0. The second-order valence-corrected chi connectivity index (χ2v) is 8.65. The molecular weight excluding hydrogens is 491 g/mol. The van der Waals surface area contributed by atoms with Crippen molar-refractivity contribution in [1.29, 1.82) is 0 Å². The topological polar surface area (TPSA) is 66.4 Å². The van der Waals surface area contributed by atoms with E-state index >= 15 is 0 Å². The van der Waals surface area contributed by atoms with Gasteiger partial charge < -0.3 is 19.7 Å². The van der Waals surface area contributed by atoms with E-state index in [0.29, 0.717) is 6.61 Å². The lowest BCUT2D eigenvalue weighted by atomic mass is 9.95. The van der Waals surface area contributed by atoms with Crippen molar-refractivity contribution < 1.29 is 14.3 Å². The molecule has 28 heavy (non-hydrogen) atoms. The summed E-state index contributed by atoms with van der Waals surface area (Å²) in [7, 11) is 1.85. The maximum absolute atomic E-state index is 12.0. The quantitative estimate of drug-likeness (QED) is 0.253. The Labute approximate surface area is 190 Å². The molecule has 9 heteroatoms. The Morgan fingerprint density at radius 1 is 1.29 bits per heavy atom. The van der Waals surface area contributed by atoms with E-state index in [4.69, 9.17) is 9.47 Å². The number of morpholine rings is 1. The number of piperidine rings is 1. The summed E-state index contributed by atoms with van der Waals surface area (Å²) in [6, 6.07) is 0. The molecule has 3 aliphatic rings. The van der Waals surface area contributed by atoms with Gasteiger partial charge in [0.2, 0.25) is 0 Å². The van der Waals surface area contributed by atoms with Crippen molar-refractivity contribution >= 4 is 47.7 Å². The van der Waals surface area contributed by atoms with Crippen molar-refractivity contribution in [3.8, 4) is 0 Å². The lowest BCUT2D eigenvalue weighted by Crippen LogP contribution is -2.60. The minimum absolute atomic E-state index is 0. The Kier molecular flexibility index (Phi) is 10.1. The van der Waals surface area contributed by atoms with Gasteiger partial charge in [-0.25, -0.2) is 0 Å². The minimum atomic E-state index is -0.0469. The number of carbonyl (C=O) groups excluding carboxylic acids is 1. The largest absolute Gasteiger partial charge is 0.466 e. The number of halogens is 1. The number of thioether (sulfide) groups is 1. The standard InChI is InChI=1S/C19H34N4O3S.HI/c1-3-26-17(24)16-4-7-22(8-5-16)18(20-2)21-14-19(6-13-27-15-19)23-9-11-25-12-10-23;/h16H,3-15H2,1-2H3,(H,20,21);1H. The third kappa shape index (κ3) is 5.89. The van der Waals surface area contributed by atoms with Crippen molar-refractivity contribution in [1.82, 2.24) is 15.1 Å². The molecular formula is C19H35IN4O3S. The van der Waals surface area contributed by atoms with E-state index in [1.54, 1.807) is 0 Å². The molecule has 0 radical (unpaired) electrons. The van der Waals surface area contributed by atoms with Crippen LogP contribution in [0.1, 0.15) is 26.2 Å². The van der Waals surface area contributed by atoms with Crippen LogP contribution in [0.3, 0.4) is 0 Å². The number of esters is 1. The number of likely N-dealkylation sites (tertiary alicyclic amines) is 1. The second-order valence-electron chi connectivity index (χ2n) is 7.54. The van der Waals surface area contributed by atoms with Crippen molar-refractivity contribution in [2.45, 2.75) is 31.7 Å². The normalized spacial score (nSPS) is 27.4. The van der Waals surface area contributed by atoms with Crippen molar-refractivity contribution in [3.63, 3.8) is 0 Å². The molecule has 1 unspecified atom stereocenters. The molecule has 3 aliphatic heterocycles. The van der Waals surface area contributed by atoms with Crippen LogP contribution in [-0.2, 0) is 14.3 Å². The number of aliphatic imine (C=N–C) groups is 1. The average molecular weight is 526 g/mol. The molecule has 0 spiro atoms. The number of nitrogens with zero attached hydrogens (tertiary/aromatic N) is 3. The molecule has 0 aliphatic carbocycles. The number of hydrogen-bond acceptors (Lipinski definition) is 6. The summed E-state index contributed by atoms with van der Waals surface area (Å²) in [5.74, 6) is 3.34. The average Bonchev–Trinajstić information content (AvgIpc) is 3.20. The van der Waals surface area contributed by atoms with Gasteiger partial charge in [-0.15, -0.1) is 24.0 Å². The van der Waals surface area contributed by atoms with Gasteiger partial charge >= 0.3 is 5.97 Å². The van der Waals surface area contributed by atoms with E-state index in [1.807, 2.05) is 14.0 Å². The van der Waals surface area contributed by atoms with Gasteiger partial charge in [-0.1, -0.05) is 0 Å². The number of rotatable bonds is 5. The summed E-state index contributed by atoms with van der Waals surface area (Å²) in [4.78, 5) is 21.4. The highest BCUT2D eigenvalue weighted by Gasteiger charge is 2.41. The summed E-state index contributed by atoms with van der Waals surface area (Å²) >= 11 is 2.05. The van der Waals surface area contributed by atoms with Crippen LogP contribution in [0.15, 0.2) is 4.99 Å². The number of nitrogens with one attached hydrogen (secondary N) is 1. The number of ether oxygens (including phenoxy) is 2. The van der Waals surface area contributed by atoms with E-state index < -0.39 is 0 Å². The molecule has 0 aromatic heterocycles. The van der Waals surface area contributed by atoms with Crippen LogP contribution < -0.4 is 5.32 Å². The van der Waals surface area contributed by atoms with Crippen LogP contribution in [-0.4, -0.2) is 98.4 Å². The number of hydrogen-bond donors (Lipinski definition) is 1. The van der Waals surface area contributed by atoms with Gasteiger partial charge in [0.05, 0.1) is 25.7 Å². The van der Waals surface area contributed by atoms with Gasteiger partial charge in [-0.05, 0) is 31.9 Å². The zero-order chi connectivity index (χ0) is 19.1. The van der Waals surface area contributed by atoms with Gasteiger partial charge in [0.15, 0.2) is 5.96 Å². The highest BCUT2D eigenvalue weighted by molar-refractivity contribution is 14.0. The van der Waals surface area contributed by atoms with E-state index in [9.17, 15) is 4.79 Å². The highest BCUT2D eigenvalue weighted by Crippen LogP contribution is 2.33. The zero-order valence-electron chi connectivity index (χ0n) is 17.2. The fourth-order valence-corrected chi connectivity index (χ4v) is 5.78. The Morgan fingerprint density at radius 2 is 2.00 bits per heavy atom. The van der Waals surface area contributed by atoms with Gasteiger partial charge in [-0.2, -0.15) is 11.8 Å². The molecule has 7 nitrogen and oxygen atoms in total. The van der Waals surface area contributed by atoms with E-state index in [1.165, 1.54) is 17.9 Å². The van der Waals surface area contributed by atoms with Crippen LogP contribution in [0.2, 0.25) is 0 Å². The molecule has 3 heterocycles. The van der Waals surface area contributed by atoms with Gasteiger partial charge in [0, 0.05) is 51.1 Å². The van der Waals surface area contributed by atoms with Crippen LogP contribution >= 0.6 is 35.7 Å². The Hall–Kier alpha value is -0.260. The summed E-state index contributed by atoms with van der Waals surface area (Å²) in [6.07, 6.45) is 2.89. The van der Waals surface area contributed by atoms with Crippen LogP contribution in [0, 0.1) is 5.92 Å². The van der Waals surface area contributed by atoms with E-state index in [2.05, 4.69) is 31.9 Å². The van der Waals surface area contributed by atoms with Crippen molar-refractivity contribution in [2.75, 3.05) is 71.1 Å². The summed E-state index contributed by atoms with van der Waals surface area (Å²) in [5.41, 5.74) is 0.202. The molecule has 3 saturated heterocycles. The van der Waals surface area contributed by atoms with Crippen LogP contribution in [0.25, 0.3) is 0 Å². The lowest BCUT2D eigenvalue weighted by Gasteiger charge is -2.44. The summed E-state index contributed by atoms with van der Waals surface area (Å²) in [6.45, 7) is 8.66. The first-order valence-corrected chi connectivity index (χ1v) is 11.4. The molecule has 3 fully saturated rings. The number of guanidine groups is 1. The van der Waals surface area contributed by atoms with Crippen molar-refractivity contribution in [3.05, 3.63) is 0 Å². The van der Waals surface area contributed by atoms with Crippen LogP contribution in [0.4, 0.5) is 0 Å². The van der Waals surface area contributed by atoms with Gasteiger partial charge in [-0.3, -0.25) is 14.7 Å². The third-order valence-electron chi connectivity index (χ3n) is 5.97. The lowest BCUT2D eigenvalue weighted by molar-refractivity contribution is -0.149. The fraction of sp³-hybridized carbons (Fsp3) is 0.895. The molecule has 1 N–H and O–H groups in total. The predicted molar refractivity (Wildman–Crippen MR) is 125 cm³/mol. The first-order chi connectivity index (χ1) is 13.2. The Bertz CT molecular complexity index is 517. The van der Waals surface area contributed by atoms with E-state index in [-0.39, 0.29) is 41.4 Å². The second kappa shape index (κ2) is 11.8. The summed E-state index contributed by atoms with van der Waals surface area (Å²) < 4.78 is 10.7. The molecule has 3 rings (SSSR count). The fourth-order valence-electron chi connectivity index (χ4n) is 4.30. The highest BCUT2D eigenvalue weighted by atomic mass is 127.